The molecule has 0 radical (unpaired) electrons. The van der Waals surface area contributed by atoms with E-state index < -0.39 is 11.6 Å². The number of nitrogens with zero attached hydrogens (tertiary/aromatic N) is 2. The lowest BCUT2D eigenvalue weighted by Crippen LogP contribution is -2.31. The highest BCUT2D eigenvalue weighted by Gasteiger charge is 2.46. The topological polar surface area (TPSA) is 98.3 Å². The predicted molar refractivity (Wildman–Crippen MR) is 80.5 cm³/mol. The Bertz CT molecular complexity index is 834. The van der Waals surface area contributed by atoms with Crippen LogP contribution in [0, 0.1) is 0 Å². The van der Waals surface area contributed by atoms with Crippen LogP contribution in [0.5, 0.6) is 0 Å². The van der Waals surface area contributed by atoms with Crippen molar-refractivity contribution in [1.29, 1.82) is 0 Å². The van der Waals surface area contributed by atoms with E-state index >= 15 is 0 Å². The molecule has 0 saturated carbocycles. The molecule has 0 aromatic carbocycles. The molecular weight excluding hydrogens is 312 g/mol. The Balaban J connectivity index is 2.19. The van der Waals surface area contributed by atoms with Crippen molar-refractivity contribution in [2.75, 3.05) is 0 Å². The molecule has 0 aliphatic rings. The second-order valence-corrected chi connectivity index (χ2v) is 4.96. The van der Waals surface area contributed by atoms with Gasteiger partial charge in [0.05, 0.1) is 24.7 Å². The molecule has 3 aromatic rings. The summed E-state index contributed by atoms with van der Waals surface area (Å²) in [6, 6.07) is 10.1. The van der Waals surface area contributed by atoms with Crippen molar-refractivity contribution >= 4 is 12.2 Å². The monoisotopic (exact) mass is 324 g/mol. The van der Waals surface area contributed by atoms with E-state index in [0.717, 1.165) is 0 Å². The number of aliphatic imine (C=N–C) groups is 2. The number of hydrogen-bond acceptors (Lipinski definition) is 7. The summed E-state index contributed by atoms with van der Waals surface area (Å²) in [5.74, 6) is 0.588. The number of hydrogen-bond donors (Lipinski definition) is 0. The van der Waals surface area contributed by atoms with Crippen molar-refractivity contribution in [3.05, 3.63) is 72.5 Å². The maximum absolute atomic E-state index is 11.1. The molecule has 7 heteroatoms. The highest BCUT2D eigenvalue weighted by atomic mass is 16.3. The van der Waals surface area contributed by atoms with E-state index in [-0.39, 0.29) is 12.2 Å². The average molecular weight is 324 g/mol. The zero-order valence-electron chi connectivity index (χ0n) is 12.4. The van der Waals surface area contributed by atoms with Gasteiger partial charge in [0.1, 0.15) is 11.5 Å². The number of carbonyl (C=O) groups excluding carboxylic acids is 2. The Morgan fingerprint density at radius 2 is 1.58 bits per heavy atom. The highest BCUT2D eigenvalue weighted by Crippen LogP contribution is 2.44. The minimum Gasteiger partial charge on any atom is -0.469 e. The fourth-order valence-corrected chi connectivity index (χ4v) is 2.65. The molecule has 0 spiro atoms. The van der Waals surface area contributed by atoms with Crippen LogP contribution in [0.4, 0.5) is 0 Å². The van der Waals surface area contributed by atoms with Crippen LogP contribution in [-0.4, -0.2) is 12.2 Å². The normalized spacial score (nSPS) is 14.2. The third kappa shape index (κ3) is 2.77. The molecule has 0 amide bonds. The molecule has 120 valence electrons. The Morgan fingerprint density at radius 1 is 0.917 bits per heavy atom. The van der Waals surface area contributed by atoms with E-state index in [4.69, 9.17) is 13.3 Å². The van der Waals surface area contributed by atoms with Crippen LogP contribution in [0.15, 0.2) is 78.4 Å². The van der Waals surface area contributed by atoms with Gasteiger partial charge < -0.3 is 13.3 Å². The van der Waals surface area contributed by atoms with E-state index in [9.17, 15) is 9.59 Å². The first-order valence-electron chi connectivity index (χ1n) is 7.08. The Hall–Kier alpha value is -3.40. The molecule has 0 aliphatic heterocycles. The van der Waals surface area contributed by atoms with Gasteiger partial charge in [0.2, 0.25) is 17.8 Å². The van der Waals surface area contributed by atoms with Gasteiger partial charge in [-0.05, 0) is 36.4 Å². The van der Waals surface area contributed by atoms with Crippen LogP contribution in [0.3, 0.4) is 0 Å². The number of furan rings is 3. The van der Waals surface area contributed by atoms with Gasteiger partial charge in [-0.15, -0.1) is 0 Å². The van der Waals surface area contributed by atoms with Gasteiger partial charge in [-0.1, -0.05) is 0 Å². The van der Waals surface area contributed by atoms with Gasteiger partial charge in [-0.25, -0.2) is 9.59 Å². The van der Waals surface area contributed by atoms with Crippen LogP contribution in [0.1, 0.15) is 23.2 Å². The van der Waals surface area contributed by atoms with Crippen molar-refractivity contribution in [2.24, 2.45) is 9.98 Å². The largest absolute Gasteiger partial charge is 0.469 e. The van der Waals surface area contributed by atoms with E-state index in [1.54, 1.807) is 36.4 Å². The first-order chi connectivity index (χ1) is 11.8. The van der Waals surface area contributed by atoms with Crippen molar-refractivity contribution in [2.45, 2.75) is 18.0 Å². The third-order valence-electron chi connectivity index (χ3n) is 3.67. The maximum atomic E-state index is 11.1. The molecule has 1 atom stereocenters. The summed E-state index contributed by atoms with van der Waals surface area (Å²) in [6.45, 7) is 0. The first kappa shape index (κ1) is 15.5. The molecule has 3 rings (SSSR count). The lowest BCUT2D eigenvalue weighted by Gasteiger charge is -2.27. The van der Waals surface area contributed by atoms with Gasteiger partial charge in [-0.3, -0.25) is 0 Å². The quantitative estimate of drug-likeness (QED) is 0.490. The second-order valence-electron chi connectivity index (χ2n) is 4.96. The second kappa shape index (κ2) is 6.79. The Kier molecular flexibility index (Phi) is 4.38. The highest BCUT2D eigenvalue weighted by molar-refractivity contribution is 5.43. The van der Waals surface area contributed by atoms with Crippen LogP contribution >= 0.6 is 0 Å². The zero-order chi connectivity index (χ0) is 16.8. The summed E-state index contributed by atoms with van der Waals surface area (Å²) in [5, 5.41) is 0. The summed E-state index contributed by atoms with van der Waals surface area (Å²) < 4.78 is 16.2. The molecule has 0 aliphatic carbocycles. The average Bonchev–Trinajstić information content (AvgIpc) is 3.36. The molecule has 1 unspecified atom stereocenters. The van der Waals surface area contributed by atoms with Gasteiger partial charge in [-0.2, -0.15) is 9.98 Å². The lowest BCUT2D eigenvalue weighted by molar-refractivity contribution is 0.259. The van der Waals surface area contributed by atoms with Crippen molar-refractivity contribution < 1.29 is 22.8 Å². The summed E-state index contributed by atoms with van der Waals surface area (Å²) in [7, 11) is 0. The molecular formula is C17H12N2O5. The molecule has 3 heterocycles. The van der Waals surface area contributed by atoms with Crippen molar-refractivity contribution in [3.8, 4) is 0 Å². The molecule has 0 bridgehead atoms. The fourth-order valence-electron chi connectivity index (χ4n) is 2.65. The van der Waals surface area contributed by atoms with E-state index in [1.807, 2.05) is 0 Å². The van der Waals surface area contributed by atoms with Gasteiger partial charge >= 0.3 is 0 Å². The lowest BCUT2D eigenvalue weighted by atomic mass is 9.85. The molecule has 0 saturated heterocycles. The molecule has 24 heavy (non-hydrogen) atoms. The molecule has 0 N–H and O–H groups in total. The SMILES string of the molecule is O=C=NC(N=C=O)(c1ccco1)C(Cc1ccco1)c1ccco1. The van der Waals surface area contributed by atoms with E-state index in [2.05, 4.69) is 9.98 Å². The van der Waals surface area contributed by atoms with Gasteiger partial charge in [0.15, 0.2) is 5.76 Å². The fraction of sp³-hybridized carbons (Fsp3) is 0.176. The number of isocyanates is 2. The molecule has 7 nitrogen and oxygen atoms in total. The summed E-state index contributed by atoms with van der Waals surface area (Å²) >= 11 is 0. The standard InChI is InChI=1S/C17H12N2O5/c20-11-18-17(19-12-21,16-6-3-9-24-16)14(15-5-2-8-23-15)10-13-4-1-7-22-13/h1-9,14H,10H2. The van der Waals surface area contributed by atoms with E-state index in [0.29, 0.717) is 11.5 Å². The predicted octanol–water partition coefficient (Wildman–Crippen LogP) is 3.32. The molecule has 0 fully saturated rings. The number of rotatable bonds is 7. The van der Waals surface area contributed by atoms with Crippen molar-refractivity contribution in [1.82, 2.24) is 0 Å². The molecule has 3 aromatic heterocycles. The van der Waals surface area contributed by atoms with Gasteiger partial charge in [0.25, 0.3) is 0 Å². The third-order valence-corrected chi connectivity index (χ3v) is 3.67. The van der Waals surface area contributed by atoms with E-state index in [1.165, 1.54) is 30.9 Å². The Morgan fingerprint density at radius 3 is 2.12 bits per heavy atom. The minimum absolute atomic E-state index is 0.196. The Labute approximate surface area is 136 Å². The van der Waals surface area contributed by atoms with Gasteiger partial charge in [0, 0.05) is 6.42 Å². The van der Waals surface area contributed by atoms with Crippen LogP contribution in [-0.2, 0) is 21.7 Å². The van der Waals surface area contributed by atoms with Crippen LogP contribution in [0.2, 0.25) is 0 Å². The maximum Gasteiger partial charge on any atom is 0.241 e. The first-order valence-corrected chi connectivity index (χ1v) is 7.08. The van der Waals surface area contributed by atoms with Crippen LogP contribution < -0.4 is 0 Å². The van der Waals surface area contributed by atoms with Crippen LogP contribution in [0.25, 0.3) is 0 Å². The zero-order valence-corrected chi connectivity index (χ0v) is 12.4. The smallest absolute Gasteiger partial charge is 0.241 e. The minimum atomic E-state index is -1.68. The van der Waals surface area contributed by atoms with Crippen molar-refractivity contribution in [3.63, 3.8) is 0 Å². The summed E-state index contributed by atoms with van der Waals surface area (Å²) in [5.41, 5.74) is -1.68. The summed E-state index contributed by atoms with van der Waals surface area (Å²) in [6.07, 6.45) is 7.61. The summed E-state index contributed by atoms with van der Waals surface area (Å²) in [4.78, 5) is 29.8.